The maximum absolute atomic E-state index is 4.39. The third kappa shape index (κ3) is 2.79. The van der Waals surface area contributed by atoms with E-state index in [1.807, 2.05) is 13.0 Å². The lowest BCUT2D eigenvalue weighted by Gasteiger charge is -2.06. The highest BCUT2D eigenvalue weighted by atomic mass is 79.9. The molecule has 0 amide bonds. The molecular formula is C15H14BrN3. The smallest absolute Gasteiger partial charge is 0.104 e. The van der Waals surface area contributed by atoms with Crippen molar-refractivity contribution >= 4 is 32.7 Å². The first-order chi connectivity index (χ1) is 9.20. The van der Waals surface area contributed by atoms with Crippen LogP contribution >= 0.6 is 15.9 Å². The van der Waals surface area contributed by atoms with Gasteiger partial charge in [0.25, 0.3) is 0 Å². The van der Waals surface area contributed by atoms with Crippen LogP contribution in [0.5, 0.6) is 0 Å². The maximum atomic E-state index is 4.39. The van der Waals surface area contributed by atoms with E-state index in [0.717, 1.165) is 33.6 Å². The Kier molecular flexibility index (Phi) is 3.25. The molecule has 0 aliphatic carbocycles. The molecule has 0 spiro atoms. The lowest BCUT2D eigenvalue weighted by molar-refractivity contribution is 1.15. The van der Waals surface area contributed by atoms with Gasteiger partial charge in [0.05, 0.1) is 11.0 Å². The van der Waals surface area contributed by atoms with Gasteiger partial charge in [0.1, 0.15) is 5.82 Å². The van der Waals surface area contributed by atoms with Gasteiger partial charge in [-0.2, -0.15) is 0 Å². The monoisotopic (exact) mass is 315 g/mol. The van der Waals surface area contributed by atoms with E-state index in [1.54, 1.807) is 0 Å². The number of benzene rings is 2. The fourth-order valence-corrected chi connectivity index (χ4v) is 2.32. The summed E-state index contributed by atoms with van der Waals surface area (Å²) in [6.45, 7) is 2.78. The van der Waals surface area contributed by atoms with Crippen molar-refractivity contribution in [2.75, 3.05) is 5.32 Å². The zero-order chi connectivity index (χ0) is 13.2. The molecule has 4 heteroatoms. The molecule has 1 aromatic heterocycles. The molecule has 0 saturated heterocycles. The van der Waals surface area contributed by atoms with Crippen molar-refractivity contribution in [3.8, 4) is 0 Å². The first-order valence-electron chi connectivity index (χ1n) is 6.15. The molecule has 3 aromatic rings. The average molecular weight is 316 g/mol. The zero-order valence-electron chi connectivity index (χ0n) is 10.6. The Morgan fingerprint density at radius 1 is 1.16 bits per heavy atom. The first kappa shape index (κ1) is 12.2. The lowest BCUT2D eigenvalue weighted by atomic mass is 10.2. The summed E-state index contributed by atoms with van der Waals surface area (Å²) in [5, 5.41) is 3.42. The van der Waals surface area contributed by atoms with Gasteiger partial charge in [0.15, 0.2) is 0 Å². The van der Waals surface area contributed by atoms with Crippen LogP contribution in [-0.4, -0.2) is 9.97 Å². The second-order valence-electron chi connectivity index (χ2n) is 4.53. The Labute approximate surface area is 120 Å². The van der Waals surface area contributed by atoms with Crippen LogP contribution in [0.1, 0.15) is 11.4 Å². The molecule has 1 heterocycles. The predicted octanol–water partition coefficient (Wildman–Crippen LogP) is 4.25. The Hall–Kier alpha value is -1.81. The van der Waals surface area contributed by atoms with Gasteiger partial charge in [-0.05, 0) is 42.8 Å². The minimum atomic E-state index is 0.811. The van der Waals surface area contributed by atoms with E-state index in [9.17, 15) is 0 Å². The number of aryl methyl sites for hydroxylation is 1. The van der Waals surface area contributed by atoms with Crippen molar-refractivity contribution < 1.29 is 0 Å². The lowest BCUT2D eigenvalue weighted by Crippen LogP contribution is -1.98. The molecule has 0 aliphatic heterocycles. The van der Waals surface area contributed by atoms with E-state index in [2.05, 4.69) is 67.6 Å². The Morgan fingerprint density at radius 2 is 1.95 bits per heavy atom. The second kappa shape index (κ2) is 5.05. The number of imidazole rings is 1. The number of H-pyrrole nitrogens is 1. The minimum absolute atomic E-state index is 0.811. The highest BCUT2D eigenvalue weighted by Gasteiger charge is 2.00. The Bertz CT molecular complexity index is 701. The van der Waals surface area contributed by atoms with Gasteiger partial charge in [-0.15, -0.1) is 0 Å². The molecule has 0 fully saturated rings. The average Bonchev–Trinajstić information content (AvgIpc) is 2.77. The van der Waals surface area contributed by atoms with Crippen LogP contribution < -0.4 is 5.32 Å². The standard InChI is InChI=1S/C15H14BrN3/c1-10-18-14-7-6-13(8-15(14)19-10)17-9-11-2-4-12(16)5-3-11/h2-8,17H,9H2,1H3,(H,18,19). The summed E-state index contributed by atoms with van der Waals surface area (Å²) in [6, 6.07) is 14.5. The van der Waals surface area contributed by atoms with Crippen molar-refractivity contribution in [1.29, 1.82) is 0 Å². The van der Waals surface area contributed by atoms with Crippen molar-refractivity contribution in [3.63, 3.8) is 0 Å². The van der Waals surface area contributed by atoms with Crippen molar-refractivity contribution in [3.05, 3.63) is 58.3 Å². The molecule has 0 bridgehead atoms. The number of nitrogens with one attached hydrogen (secondary N) is 2. The van der Waals surface area contributed by atoms with Crippen LogP contribution in [0.15, 0.2) is 46.9 Å². The number of aromatic nitrogens is 2. The number of fused-ring (bicyclic) bond motifs is 1. The topological polar surface area (TPSA) is 40.7 Å². The summed E-state index contributed by atoms with van der Waals surface area (Å²) in [5.74, 6) is 0.944. The molecule has 0 atom stereocenters. The van der Waals surface area contributed by atoms with Gasteiger partial charge in [0.2, 0.25) is 0 Å². The van der Waals surface area contributed by atoms with Gasteiger partial charge < -0.3 is 10.3 Å². The predicted molar refractivity (Wildman–Crippen MR) is 82.3 cm³/mol. The highest BCUT2D eigenvalue weighted by Crippen LogP contribution is 2.18. The SMILES string of the molecule is Cc1nc2ccc(NCc3ccc(Br)cc3)cc2[nH]1. The summed E-state index contributed by atoms with van der Waals surface area (Å²) in [7, 11) is 0. The number of aromatic amines is 1. The summed E-state index contributed by atoms with van der Waals surface area (Å²) in [4.78, 5) is 7.64. The highest BCUT2D eigenvalue weighted by molar-refractivity contribution is 9.10. The van der Waals surface area contributed by atoms with Crippen molar-refractivity contribution in [2.45, 2.75) is 13.5 Å². The fraction of sp³-hybridized carbons (Fsp3) is 0.133. The minimum Gasteiger partial charge on any atom is -0.381 e. The molecule has 2 aromatic carbocycles. The van der Waals surface area contributed by atoms with Crippen LogP contribution in [-0.2, 0) is 6.54 Å². The molecule has 2 N–H and O–H groups in total. The van der Waals surface area contributed by atoms with E-state index in [-0.39, 0.29) is 0 Å². The molecule has 0 radical (unpaired) electrons. The molecule has 19 heavy (non-hydrogen) atoms. The van der Waals surface area contributed by atoms with E-state index in [1.165, 1.54) is 5.56 Å². The zero-order valence-corrected chi connectivity index (χ0v) is 12.2. The van der Waals surface area contributed by atoms with Crippen LogP contribution in [0, 0.1) is 6.92 Å². The van der Waals surface area contributed by atoms with Gasteiger partial charge in [-0.1, -0.05) is 28.1 Å². The quantitative estimate of drug-likeness (QED) is 0.758. The van der Waals surface area contributed by atoms with Crippen LogP contribution in [0.25, 0.3) is 11.0 Å². The number of anilines is 1. The number of hydrogen-bond donors (Lipinski definition) is 2. The normalized spacial score (nSPS) is 10.8. The number of halogens is 1. The Morgan fingerprint density at radius 3 is 2.74 bits per heavy atom. The molecule has 0 unspecified atom stereocenters. The maximum Gasteiger partial charge on any atom is 0.104 e. The number of hydrogen-bond acceptors (Lipinski definition) is 2. The van der Waals surface area contributed by atoms with E-state index in [0.29, 0.717) is 0 Å². The number of rotatable bonds is 3. The second-order valence-corrected chi connectivity index (χ2v) is 5.45. The molecule has 0 saturated carbocycles. The fourth-order valence-electron chi connectivity index (χ4n) is 2.05. The van der Waals surface area contributed by atoms with Crippen LogP contribution in [0.4, 0.5) is 5.69 Å². The largest absolute Gasteiger partial charge is 0.381 e. The van der Waals surface area contributed by atoms with Gasteiger partial charge in [0, 0.05) is 16.7 Å². The van der Waals surface area contributed by atoms with Gasteiger partial charge in [-0.3, -0.25) is 0 Å². The summed E-state index contributed by atoms with van der Waals surface area (Å²) in [5.41, 5.74) is 4.42. The molecule has 0 aliphatic rings. The van der Waals surface area contributed by atoms with Crippen molar-refractivity contribution in [2.24, 2.45) is 0 Å². The number of nitrogens with zero attached hydrogens (tertiary/aromatic N) is 1. The van der Waals surface area contributed by atoms with E-state index < -0.39 is 0 Å². The van der Waals surface area contributed by atoms with E-state index >= 15 is 0 Å². The van der Waals surface area contributed by atoms with Crippen LogP contribution in [0.2, 0.25) is 0 Å². The van der Waals surface area contributed by atoms with Crippen LogP contribution in [0.3, 0.4) is 0 Å². The van der Waals surface area contributed by atoms with E-state index in [4.69, 9.17) is 0 Å². The molecule has 3 rings (SSSR count). The van der Waals surface area contributed by atoms with Gasteiger partial charge in [-0.25, -0.2) is 4.98 Å². The third-order valence-electron chi connectivity index (χ3n) is 3.01. The molecular weight excluding hydrogens is 302 g/mol. The summed E-state index contributed by atoms with van der Waals surface area (Å²) < 4.78 is 1.10. The first-order valence-corrected chi connectivity index (χ1v) is 6.95. The molecule has 3 nitrogen and oxygen atoms in total. The third-order valence-corrected chi connectivity index (χ3v) is 3.54. The van der Waals surface area contributed by atoms with Crippen molar-refractivity contribution in [1.82, 2.24) is 9.97 Å². The molecule has 96 valence electrons. The summed E-state index contributed by atoms with van der Waals surface area (Å²) in [6.07, 6.45) is 0. The van der Waals surface area contributed by atoms with Gasteiger partial charge >= 0.3 is 0 Å². The Balaban J connectivity index is 1.75. The summed E-state index contributed by atoms with van der Waals surface area (Å²) >= 11 is 3.44.